The molecule has 0 heterocycles. The van der Waals surface area contributed by atoms with Gasteiger partial charge in [0.2, 0.25) is 0 Å². The lowest BCUT2D eigenvalue weighted by atomic mass is 10.2. The van der Waals surface area contributed by atoms with Crippen molar-refractivity contribution in [3.05, 3.63) is 35.9 Å². The van der Waals surface area contributed by atoms with E-state index in [4.69, 9.17) is 4.74 Å². The van der Waals surface area contributed by atoms with Gasteiger partial charge in [-0.15, -0.1) is 24.0 Å². The van der Waals surface area contributed by atoms with Gasteiger partial charge in [0.05, 0.1) is 13.2 Å². The third-order valence-electron chi connectivity index (χ3n) is 2.82. The van der Waals surface area contributed by atoms with Crippen molar-refractivity contribution in [2.45, 2.75) is 26.3 Å². The Morgan fingerprint density at radius 3 is 2.55 bits per heavy atom. The number of benzene rings is 1. The number of hydrogen-bond acceptors (Lipinski definition) is 3. The first kappa shape index (κ1) is 20.7. The number of hydrogen-bond donors (Lipinski definition) is 1. The van der Waals surface area contributed by atoms with E-state index < -0.39 is 0 Å². The Morgan fingerprint density at radius 1 is 1.27 bits per heavy atom. The number of carbonyl (C=O) groups excluding carboxylic acids is 1. The van der Waals surface area contributed by atoms with Gasteiger partial charge in [0, 0.05) is 27.1 Å². The van der Waals surface area contributed by atoms with Crippen LogP contribution in [0.5, 0.6) is 0 Å². The Kier molecular flexibility index (Phi) is 11.5. The number of nitrogens with one attached hydrogen (secondary N) is 1. The summed E-state index contributed by atoms with van der Waals surface area (Å²) in [6.45, 7) is 3.59. The van der Waals surface area contributed by atoms with Crippen molar-refractivity contribution < 1.29 is 9.53 Å². The lowest BCUT2D eigenvalue weighted by Gasteiger charge is -2.17. The largest absolute Gasteiger partial charge is 0.466 e. The first-order chi connectivity index (χ1) is 10.1. The zero-order valence-electron chi connectivity index (χ0n) is 13.5. The summed E-state index contributed by atoms with van der Waals surface area (Å²) in [4.78, 5) is 17.7. The molecule has 0 fully saturated rings. The molecule has 6 heteroatoms. The number of rotatable bonds is 7. The molecule has 1 aromatic rings. The zero-order chi connectivity index (χ0) is 15.5. The lowest BCUT2D eigenvalue weighted by Crippen LogP contribution is -2.37. The molecule has 0 saturated carbocycles. The quantitative estimate of drug-likeness (QED) is 0.243. The fraction of sp³-hybridized carbons (Fsp3) is 0.500. The summed E-state index contributed by atoms with van der Waals surface area (Å²) < 4.78 is 4.89. The van der Waals surface area contributed by atoms with E-state index in [1.54, 1.807) is 0 Å². The van der Waals surface area contributed by atoms with Gasteiger partial charge < -0.3 is 15.0 Å². The van der Waals surface area contributed by atoms with E-state index in [1.165, 1.54) is 5.56 Å². The number of aliphatic imine (C=N–C) groups is 1. The van der Waals surface area contributed by atoms with Crippen LogP contribution >= 0.6 is 24.0 Å². The average molecular weight is 419 g/mol. The Labute approximate surface area is 150 Å². The van der Waals surface area contributed by atoms with Crippen LogP contribution < -0.4 is 5.32 Å². The molecule has 0 spiro atoms. The molecule has 0 atom stereocenters. The molecular formula is C16H26IN3O2. The summed E-state index contributed by atoms with van der Waals surface area (Å²) in [5, 5.41) is 3.26. The van der Waals surface area contributed by atoms with E-state index in [0.29, 0.717) is 26.1 Å². The van der Waals surface area contributed by atoms with E-state index in [-0.39, 0.29) is 29.9 Å². The molecule has 0 unspecified atom stereocenters. The maximum absolute atomic E-state index is 11.2. The second-order valence-electron chi connectivity index (χ2n) is 4.86. The highest BCUT2D eigenvalue weighted by Gasteiger charge is 2.04. The molecule has 0 aromatic heterocycles. The molecule has 1 aromatic carbocycles. The average Bonchev–Trinajstić information content (AvgIpc) is 2.47. The van der Waals surface area contributed by atoms with Crippen molar-refractivity contribution in [1.29, 1.82) is 0 Å². The first-order valence-corrected chi connectivity index (χ1v) is 7.28. The minimum absolute atomic E-state index is 0. The molecule has 0 aliphatic carbocycles. The number of halogens is 1. The lowest BCUT2D eigenvalue weighted by molar-refractivity contribution is -0.143. The Hall–Kier alpha value is -1.31. The monoisotopic (exact) mass is 419 g/mol. The molecule has 0 bridgehead atoms. The van der Waals surface area contributed by atoms with E-state index in [0.717, 1.165) is 12.4 Å². The second-order valence-corrected chi connectivity index (χ2v) is 4.86. The van der Waals surface area contributed by atoms with Crippen LogP contribution in [0.4, 0.5) is 0 Å². The number of nitrogens with zero attached hydrogens (tertiary/aromatic N) is 2. The van der Waals surface area contributed by atoms with Crippen LogP contribution in [-0.4, -0.2) is 44.1 Å². The smallest absolute Gasteiger partial charge is 0.305 e. The predicted molar refractivity (Wildman–Crippen MR) is 101 cm³/mol. The van der Waals surface area contributed by atoms with Crippen molar-refractivity contribution in [3.63, 3.8) is 0 Å². The van der Waals surface area contributed by atoms with Crippen molar-refractivity contribution in [2.24, 2.45) is 4.99 Å². The molecule has 0 radical (unpaired) electrons. The van der Waals surface area contributed by atoms with Gasteiger partial charge in [-0.05, 0) is 18.9 Å². The molecule has 0 amide bonds. The number of guanidine groups is 1. The molecule has 22 heavy (non-hydrogen) atoms. The maximum Gasteiger partial charge on any atom is 0.305 e. The van der Waals surface area contributed by atoms with E-state index in [1.807, 2.05) is 44.1 Å². The molecule has 1 rings (SSSR count). The van der Waals surface area contributed by atoms with Crippen molar-refractivity contribution >= 4 is 35.9 Å². The Morgan fingerprint density at radius 2 is 1.95 bits per heavy atom. The highest BCUT2D eigenvalue weighted by Crippen LogP contribution is 2.00. The van der Waals surface area contributed by atoms with Gasteiger partial charge in [-0.25, -0.2) is 4.99 Å². The first-order valence-electron chi connectivity index (χ1n) is 7.28. The molecule has 0 aliphatic heterocycles. The van der Waals surface area contributed by atoms with Crippen LogP contribution in [0.2, 0.25) is 0 Å². The molecular weight excluding hydrogens is 393 g/mol. The Balaban J connectivity index is 0.00000441. The third kappa shape index (κ3) is 8.86. The number of esters is 1. The Bertz CT molecular complexity index is 450. The highest BCUT2D eigenvalue weighted by atomic mass is 127. The van der Waals surface area contributed by atoms with Crippen molar-refractivity contribution in [2.75, 3.05) is 27.2 Å². The molecule has 5 nitrogen and oxygen atoms in total. The minimum atomic E-state index is -0.146. The van der Waals surface area contributed by atoms with Gasteiger partial charge in [0.1, 0.15) is 0 Å². The number of ether oxygens (including phenoxy) is 1. The zero-order valence-corrected chi connectivity index (χ0v) is 15.9. The van der Waals surface area contributed by atoms with Gasteiger partial charge in [-0.3, -0.25) is 4.79 Å². The summed E-state index contributed by atoms with van der Waals surface area (Å²) >= 11 is 0. The van der Waals surface area contributed by atoms with Crippen LogP contribution in [-0.2, 0) is 16.1 Å². The van der Waals surface area contributed by atoms with Gasteiger partial charge in [-0.1, -0.05) is 30.3 Å². The maximum atomic E-state index is 11.2. The summed E-state index contributed by atoms with van der Waals surface area (Å²) in [5.74, 6) is 0.676. The fourth-order valence-electron chi connectivity index (χ4n) is 1.77. The van der Waals surface area contributed by atoms with Crippen LogP contribution in [0, 0.1) is 0 Å². The van der Waals surface area contributed by atoms with Gasteiger partial charge >= 0.3 is 5.97 Å². The van der Waals surface area contributed by atoms with Crippen LogP contribution in [0.25, 0.3) is 0 Å². The van der Waals surface area contributed by atoms with Gasteiger partial charge in [-0.2, -0.15) is 0 Å². The van der Waals surface area contributed by atoms with Crippen molar-refractivity contribution in [1.82, 2.24) is 10.2 Å². The summed E-state index contributed by atoms with van der Waals surface area (Å²) in [6.07, 6.45) is 1.16. The topological polar surface area (TPSA) is 53.9 Å². The van der Waals surface area contributed by atoms with E-state index in [9.17, 15) is 4.79 Å². The molecule has 124 valence electrons. The third-order valence-corrected chi connectivity index (χ3v) is 2.82. The summed E-state index contributed by atoms with van der Waals surface area (Å²) in [6, 6.07) is 10.1. The van der Waals surface area contributed by atoms with Gasteiger partial charge in [0.15, 0.2) is 5.96 Å². The van der Waals surface area contributed by atoms with Crippen LogP contribution in [0.15, 0.2) is 35.3 Å². The standard InChI is InChI=1S/C16H25N3O2.HI/c1-4-21-15(20)11-8-12-17-16(19(2)3)18-13-14-9-6-5-7-10-14;/h5-7,9-10H,4,8,11-13H2,1-3H3,(H,17,18);1H. The highest BCUT2D eigenvalue weighted by molar-refractivity contribution is 14.0. The SMILES string of the molecule is CCOC(=O)CCCNC(=NCc1ccccc1)N(C)C.I. The molecule has 0 aliphatic rings. The number of carbonyl (C=O) groups is 1. The normalized spacial score (nSPS) is 10.6. The van der Waals surface area contributed by atoms with Crippen LogP contribution in [0.1, 0.15) is 25.3 Å². The molecule has 0 saturated heterocycles. The summed E-state index contributed by atoms with van der Waals surface area (Å²) in [5.41, 5.74) is 1.17. The van der Waals surface area contributed by atoms with Crippen molar-refractivity contribution in [3.8, 4) is 0 Å². The van der Waals surface area contributed by atoms with Gasteiger partial charge in [0.25, 0.3) is 0 Å². The van der Waals surface area contributed by atoms with Crippen LogP contribution in [0.3, 0.4) is 0 Å². The van der Waals surface area contributed by atoms with E-state index in [2.05, 4.69) is 22.4 Å². The summed E-state index contributed by atoms with van der Waals surface area (Å²) in [7, 11) is 3.89. The predicted octanol–water partition coefficient (Wildman–Crippen LogP) is 2.66. The van der Waals surface area contributed by atoms with E-state index >= 15 is 0 Å². The minimum Gasteiger partial charge on any atom is -0.466 e. The fourth-order valence-corrected chi connectivity index (χ4v) is 1.77. The molecule has 1 N–H and O–H groups in total. The second kappa shape index (κ2) is 12.3.